The van der Waals surface area contributed by atoms with Crippen LogP contribution in [0.2, 0.25) is 15.1 Å². The third kappa shape index (κ3) is 13.9. The van der Waals surface area contributed by atoms with Gasteiger partial charge in [0.15, 0.2) is 0 Å². The van der Waals surface area contributed by atoms with Crippen LogP contribution in [0.5, 0.6) is 17.2 Å². The number of pyridine rings is 2. The van der Waals surface area contributed by atoms with Gasteiger partial charge in [-0.25, -0.2) is 19.6 Å². The normalized spacial score (nSPS) is 10.4. The summed E-state index contributed by atoms with van der Waals surface area (Å²) in [6.07, 6.45) is 4.61. The maximum absolute atomic E-state index is 11.5. The largest absolute Gasteiger partial charge is 0.496 e. The molecule has 0 amide bonds. The molecule has 0 radical (unpaired) electrons. The van der Waals surface area contributed by atoms with E-state index in [2.05, 4.69) is 48.8 Å². The summed E-state index contributed by atoms with van der Waals surface area (Å²) in [7, 11) is 6.31. The number of ether oxygens (including phenoxy) is 4. The van der Waals surface area contributed by atoms with Gasteiger partial charge >= 0.3 is 11.9 Å². The average molecular weight is 1030 g/mol. The molecule has 0 saturated heterocycles. The molecule has 68 heavy (non-hydrogen) atoms. The summed E-state index contributed by atoms with van der Waals surface area (Å²) in [6, 6.07) is 48.0. The van der Waals surface area contributed by atoms with Crippen molar-refractivity contribution in [1.29, 1.82) is 0 Å². The van der Waals surface area contributed by atoms with Gasteiger partial charge in [-0.1, -0.05) is 117 Å². The van der Waals surface area contributed by atoms with Crippen molar-refractivity contribution in [1.82, 2.24) is 9.97 Å². The van der Waals surface area contributed by atoms with Crippen molar-refractivity contribution in [2.45, 2.75) is 18.2 Å². The molecule has 8 aromatic rings. The van der Waals surface area contributed by atoms with Gasteiger partial charge in [0.05, 0.1) is 28.4 Å². The summed E-state index contributed by atoms with van der Waals surface area (Å²) in [5.74, 6) is 0.945. The van der Waals surface area contributed by atoms with Crippen molar-refractivity contribution in [3.8, 4) is 50.6 Å². The predicted octanol–water partition coefficient (Wildman–Crippen LogP) is 14.4. The second kappa shape index (κ2) is 24.9. The van der Waals surface area contributed by atoms with Crippen LogP contribution >= 0.6 is 50.7 Å². The van der Waals surface area contributed by atoms with Gasteiger partial charge in [-0.15, -0.1) is 0 Å². The summed E-state index contributed by atoms with van der Waals surface area (Å²) in [5.41, 5.74) is 11.7. The Hall–Kier alpha value is -6.69. The van der Waals surface area contributed by atoms with E-state index in [9.17, 15) is 9.59 Å². The van der Waals surface area contributed by atoms with Crippen LogP contribution in [0.1, 0.15) is 48.8 Å². The highest BCUT2D eigenvalue weighted by Gasteiger charge is 2.13. The highest BCUT2D eigenvalue weighted by Crippen LogP contribution is 2.35. The second-order valence-electron chi connectivity index (χ2n) is 15.0. The molecule has 346 valence electrons. The lowest BCUT2D eigenvalue weighted by Gasteiger charge is -2.12. The van der Waals surface area contributed by atoms with Crippen LogP contribution in [0.15, 0.2) is 164 Å². The number of rotatable bonds is 13. The van der Waals surface area contributed by atoms with Crippen LogP contribution < -0.4 is 14.2 Å². The molecule has 8 rings (SSSR count). The number of esters is 1. The molecule has 0 aliphatic rings. The predicted molar refractivity (Wildman–Crippen MR) is 275 cm³/mol. The Morgan fingerprint density at radius 1 is 0.485 bits per heavy atom. The zero-order valence-electron chi connectivity index (χ0n) is 37.5. The minimum Gasteiger partial charge on any atom is -0.496 e. The summed E-state index contributed by atoms with van der Waals surface area (Å²) in [4.78, 5) is 30.5. The first-order chi connectivity index (χ1) is 32.9. The molecule has 1 N–H and O–H groups in total. The molecule has 0 aliphatic heterocycles. The van der Waals surface area contributed by atoms with E-state index in [0.29, 0.717) is 28.6 Å². The molecule has 0 bridgehead atoms. The third-order valence-corrected chi connectivity index (χ3v) is 11.8. The third-order valence-electron chi connectivity index (χ3n) is 10.4. The van der Waals surface area contributed by atoms with Gasteiger partial charge in [0, 0.05) is 49.5 Å². The van der Waals surface area contributed by atoms with Crippen LogP contribution in [0.3, 0.4) is 0 Å². The van der Waals surface area contributed by atoms with Crippen molar-refractivity contribution in [2.75, 3.05) is 28.4 Å². The maximum Gasteiger partial charge on any atom is 0.356 e. The monoisotopic (exact) mass is 1030 g/mol. The van der Waals surface area contributed by atoms with Crippen molar-refractivity contribution in [3.63, 3.8) is 0 Å². The van der Waals surface area contributed by atoms with Crippen LogP contribution in [-0.2, 0) is 22.9 Å². The number of methoxy groups -OCH3 is 4. The van der Waals surface area contributed by atoms with Crippen molar-refractivity contribution in [3.05, 3.63) is 218 Å². The van der Waals surface area contributed by atoms with Gasteiger partial charge in [-0.05, 0) is 142 Å². The molecular weight excluding hydrogens is 987 g/mol. The SMILES string of the molecule is COC(=O)c1ccc(Cc2ccc(OC)c(-c3cccc(Cl)c3)c2)cn1.COc1ccc(CBr)cc1-c1cccc(Cl)c1.COc1ccc(Cc2ccc(C(=O)O)nc2)cc1-c1cccc(Cl)c1. The molecule has 0 atom stereocenters. The molecule has 0 saturated carbocycles. The lowest BCUT2D eigenvalue weighted by atomic mass is 9.98. The van der Waals surface area contributed by atoms with Gasteiger partial charge in [0.25, 0.3) is 0 Å². The minimum atomic E-state index is -1.03. The van der Waals surface area contributed by atoms with Crippen LogP contribution in [0, 0.1) is 0 Å². The first-order valence-corrected chi connectivity index (χ1v) is 23.2. The van der Waals surface area contributed by atoms with Crippen LogP contribution in [0.25, 0.3) is 33.4 Å². The van der Waals surface area contributed by atoms with E-state index in [1.54, 1.807) is 45.9 Å². The molecule has 13 heteroatoms. The number of carboxylic acids is 1. The van der Waals surface area contributed by atoms with Crippen molar-refractivity contribution in [2.24, 2.45) is 0 Å². The summed E-state index contributed by atoms with van der Waals surface area (Å²) >= 11 is 21.7. The standard InChI is InChI=1S/C21H18ClNO3.C20H16ClNO3.C14H12BrClO/c1-25-20-9-7-14(11-18(20)16-4-3-5-17(22)12-16)10-15-6-8-19(23-13-15)21(24)26-2;1-25-19-8-6-13(9-14-5-7-18(20(23)24)22-12-14)10-17(19)15-3-2-4-16(21)11-15;1-17-14-6-5-10(9-15)7-13(14)11-3-2-4-12(16)8-11/h3-9,11-13H,10H2,1-2H3;2-8,10-12H,9H2,1H3,(H,23,24);2-8H,9H2,1H3. The minimum absolute atomic E-state index is 0.0399. The first kappa shape index (κ1) is 50.7. The average Bonchev–Trinajstić information content (AvgIpc) is 3.36. The number of aromatic nitrogens is 2. The zero-order chi connectivity index (χ0) is 48.6. The van der Waals surface area contributed by atoms with Gasteiger partial charge in [-0.3, -0.25) is 0 Å². The van der Waals surface area contributed by atoms with E-state index in [4.69, 9.17) is 54.1 Å². The summed E-state index contributed by atoms with van der Waals surface area (Å²) < 4.78 is 21.0. The second-order valence-corrected chi connectivity index (χ2v) is 16.9. The Balaban J connectivity index is 0.000000172. The van der Waals surface area contributed by atoms with E-state index in [0.717, 1.165) is 83.2 Å². The number of carbonyl (C=O) groups is 2. The smallest absolute Gasteiger partial charge is 0.356 e. The zero-order valence-corrected chi connectivity index (χ0v) is 41.4. The molecule has 0 spiro atoms. The number of halogens is 4. The van der Waals surface area contributed by atoms with E-state index in [1.165, 1.54) is 18.7 Å². The van der Waals surface area contributed by atoms with Gasteiger partial charge in [0.2, 0.25) is 0 Å². The maximum atomic E-state index is 11.5. The van der Waals surface area contributed by atoms with E-state index >= 15 is 0 Å². The van der Waals surface area contributed by atoms with Crippen molar-refractivity contribution < 1.29 is 33.6 Å². The molecule has 0 unspecified atom stereocenters. The van der Waals surface area contributed by atoms with Crippen LogP contribution in [-0.4, -0.2) is 55.5 Å². The number of nitrogens with zero attached hydrogens (tertiary/aromatic N) is 2. The molecule has 2 heterocycles. The Morgan fingerprint density at radius 2 is 0.853 bits per heavy atom. The highest BCUT2D eigenvalue weighted by molar-refractivity contribution is 9.08. The number of hydrogen-bond acceptors (Lipinski definition) is 8. The number of carbonyl (C=O) groups excluding carboxylic acids is 1. The van der Waals surface area contributed by atoms with Gasteiger partial charge in [0.1, 0.15) is 28.6 Å². The fourth-order valence-electron chi connectivity index (χ4n) is 7.09. The Bertz CT molecular complexity index is 2990. The number of hydrogen-bond donors (Lipinski definition) is 1. The van der Waals surface area contributed by atoms with Gasteiger partial charge in [-0.2, -0.15) is 0 Å². The van der Waals surface area contributed by atoms with Crippen LogP contribution in [0.4, 0.5) is 0 Å². The topological polar surface area (TPSA) is 117 Å². The molecular formula is C55H46BrCl3N2O7. The van der Waals surface area contributed by atoms with E-state index in [1.807, 2.05) is 115 Å². The fourth-order valence-corrected chi connectivity index (χ4v) is 8.01. The summed E-state index contributed by atoms with van der Waals surface area (Å²) in [5, 5.41) is 11.8. The number of alkyl halides is 1. The van der Waals surface area contributed by atoms with E-state index < -0.39 is 11.9 Å². The molecule has 0 aliphatic carbocycles. The molecule has 2 aromatic heterocycles. The Morgan fingerprint density at radius 3 is 1.18 bits per heavy atom. The van der Waals surface area contributed by atoms with E-state index in [-0.39, 0.29) is 5.69 Å². The highest BCUT2D eigenvalue weighted by atomic mass is 79.9. The number of carboxylic acid groups (broad SMARTS) is 1. The molecule has 6 aromatic carbocycles. The summed E-state index contributed by atoms with van der Waals surface area (Å²) in [6.45, 7) is 0. The molecule has 0 fully saturated rings. The Kier molecular flexibility index (Phi) is 18.6. The fraction of sp³-hybridized carbons (Fsp3) is 0.127. The van der Waals surface area contributed by atoms with Crippen molar-refractivity contribution >= 4 is 62.7 Å². The Labute approximate surface area is 419 Å². The number of benzene rings is 6. The molecule has 9 nitrogen and oxygen atoms in total. The lowest BCUT2D eigenvalue weighted by molar-refractivity contribution is 0.0593. The van der Waals surface area contributed by atoms with Gasteiger partial charge < -0.3 is 24.1 Å². The number of aromatic carboxylic acids is 1. The lowest BCUT2D eigenvalue weighted by Crippen LogP contribution is -2.04. The first-order valence-electron chi connectivity index (χ1n) is 21.0. The quantitative estimate of drug-likeness (QED) is 0.0890.